The number of esters is 1. The average molecular weight is 472 g/mol. The maximum atomic E-state index is 13.1. The van der Waals surface area contributed by atoms with E-state index in [0.717, 1.165) is 9.13 Å². The van der Waals surface area contributed by atoms with Crippen molar-refractivity contribution in [3.8, 4) is 0 Å². The molecular weight excluding hydrogens is 448 g/mol. The van der Waals surface area contributed by atoms with Gasteiger partial charge in [0.2, 0.25) is 5.95 Å². The van der Waals surface area contributed by atoms with E-state index < -0.39 is 41.4 Å². The number of fused-ring (bicyclic) bond motifs is 1. The number of hydrazine groups is 1. The number of carbonyl (C=O) groups is 1. The van der Waals surface area contributed by atoms with Crippen LogP contribution in [0.2, 0.25) is 0 Å². The first kappa shape index (κ1) is 23.2. The third kappa shape index (κ3) is 3.93. The molecule has 3 aromatic rings. The van der Waals surface area contributed by atoms with Gasteiger partial charge in [0.15, 0.2) is 11.2 Å². The number of aromatic amines is 1. The lowest BCUT2D eigenvalue weighted by Gasteiger charge is -2.17. The standard InChI is InChI=1S/C20H24N8O6/c1-2-5-27-13-16(24-19(21)25-17(13)31)28(20(27)33)11-6-10(14(29)15(11)30)8-34-18(32)9-3-4-12(26-22)23-7-9/h2-4,7,10-11,14-15,29-30H,1,5-6,8,22H2,(H,23,26)(H3,21,24,25,31)/t10-,11-,14-,15+/m1/s1. The highest BCUT2D eigenvalue weighted by Gasteiger charge is 2.45. The molecule has 0 saturated heterocycles. The van der Waals surface area contributed by atoms with Gasteiger partial charge in [-0.1, -0.05) is 6.08 Å². The molecule has 3 aromatic heterocycles. The molecule has 0 aromatic carbocycles. The number of H-pyrrole nitrogens is 1. The first-order chi connectivity index (χ1) is 16.3. The maximum absolute atomic E-state index is 13.1. The molecule has 180 valence electrons. The number of imidazole rings is 1. The minimum absolute atomic E-state index is 0.0237. The summed E-state index contributed by atoms with van der Waals surface area (Å²) in [6.07, 6.45) is 0.105. The number of pyridine rings is 1. The summed E-state index contributed by atoms with van der Waals surface area (Å²) in [5.74, 6) is 4.04. The molecule has 4 atom stereocenters. The molecule has 1 saturated carbocycles. The Morgan fingerprint density at radius 1 is 1.35 bits per heavy atom. The number of allylic oxidation sites excluding steroid dienone is 1. The predicted octanol–water partition coefficient (Wildman–Crippen LogP) is -1.53. The van der Waals surface area contributed by atoms with Crippen LogP contribution in [0.5, 0.6) is 0 Å². The number of rotatable bonds is 7. The summed E-state index contributed by atoms with van der Waals surface area (Å²) in [6, 6.07) is 2.02. The topological polar surface area (TPSA) is 216 Å². The fourth-order valence-corrected chi connectivity index (χ4v) is 4.18. The van der Waals surface area contributed by atoms with Gasteiger partial charge in [-0.3, -0.25) is 18.9 Å². The Kier molecular flexibility index (Phi) is 6.19. The molecule has 1 fully saturated rings. The molecule has 0 unspecified atom stereocenters. The lowest BCUT2D eigenvalue weighted by atomic mass is 10.1. The van der Waals surface area contributed by atoms with Crippen LogP contribution < -0.4 is 28.3 Å². The molecular formula is C20H24N8O6. The second-order valence-electron chi connectivity index (χ2n) is 7.89. The van der Waals surface area contributed by atoms with Crippen molar-refractivity contribution < 1.29 is 19.7 Å². The van der Waals surface area contributed by atoms with Crippen molar-refractivity contribution in [3.05, 3.63) is 57.4 Å². The van der Waals surface area contributed by atoms with Gasteiger partial charge in [-0.15, -0.1) is 6.58 Å². The zero-order chi connectivity index (χ0) is 24.6. The van der Waals surface area contributed by atoms with E-state index in [2.05, 4.69) is 27.0 Å². The summed E-state index contributed by atoms with van der Waals surface area (Å²) < 4.78 is 7.59. The van der Waals surface area contributed by atoms with E-state index >= 15 is 0 Å². The molecule has 0 spiro atoms. The fraction of sp³-hybridized carbons (Fsp3) is 0.350. The largest absolute Gasteiger partial charge is 0.462 e. The summed E-state index contributed by atoms with van der Waals surface area (Å²) in [7, 11) is 0. The molecule has 0 radical (unpaired) electrons. The first-order valence-corrected chi connectivity index (χ1v) is 10.3. The molecule has 1 aliphatic carbocycles. The normalized spacial score (nSPS) is 22.1. The molecule has 0 amide bonds. The highest BCUT2D eigenvalue weighted by Crippen LogP contribution is 2.36. The number of ether oxygens (including phenoxy) is 1. The van der Waals surface area contributed by atoms with Crippen molar-refractivity contribution in [1.82, 2.24) is 24.1 Å². The van der Waals surface area contributed by atoms with Crippen LogP contribution in [-0.2, 0) is 11.3 Å². The fourth-order valence-electron chi connectivity index (χ4n) is 4.18. The molecule has 14 heteroatoms. The Hall–Kier alpha value is -4.01. The van der Waals surface area contributed by atoms with Gasteiger partial charge in [0.1, 0.15) is 11.9 Å². The lowest BCUT2D eigenvalue weighted by Crippen LogP contribution is -2.35. The number of nitrogens with zero attached hydrogens (tertiary/aromatic N) is 4. The van der Waals surface area contributed by atoms with E-state index in [4.69, 9.17) is 16.3 Å². The van der Waals surface area contributed by atoms with Crippen molar-refractivity contribution in [2.24, 2.45) is 11.8 Å². The summed E-state index contributed by atoms with van der Waals surface area (Å²) in [5, 5.41) is 21.3. The monoisotopic (exact) mass is 472 g/mol. The summed E-state index contributed by atoms with van der Waals surface area (Å²) in [4.78, 5) is 48.3. The Balaban J connectivity index is 1.60. The minimum Gasteiger partial charge on any atom is -0.462 e. The third-order valence-corrected chi connectivity index (χ3v) is 5.82. The number of hydrogen-bond acceptors (Lipinski definition) is 11. The SMILES string of the molecule is C=CCn1c(=O)n([C@@H]2C[C@H](COC(=O)c3ccc(NN)nc3)[C@@H](O)[C@H]2O)c2nc(N)[nH]c(=O)c21. The molecule has 3 heterocycles. The van der Waals surface area contributed by atoms with Crippen molar-refractivity contribution in [3.63, 3.8) is 0 Å². The van der Waals surface area contributed by atoms with Crippen LogP contribution in [0.3, 0.4) is 0 Å². The average Bonchev–Trinajstić information content (AvgIpc) is 3.25. The second kappa shape index (κ2) is 9.09. The van der Waals surface area contributed by atoms with Gasteiger partial charge in [0, 0.05) is 18.7 Å². The number of nitrogen functional groups attached to an aromatic ring is 2. The summed E-state index contributed by atoms with van der Waals surface area (Å²) >= 11 is 0. The van der Waals surface area contributed by atoms with Crippen molar-refractivity contribution in [1.29, 1.82) is 0 Å². The van der Waals surface area contributed by atoms with Crippen LogP contribution in [0.4, 0.5) is 11.8 Å². The molecule has 8 N–H and O–H groups in total. The van der Waals surface area contributed by atoms with E-state index in [1.807, 2.05) is 0 Å². The van der Waals surface area contributed by atoms with Crippen LogP contribution in [0.25, 0.3) is 11.2 Å². The van der Waals surface area contributed by atoms with Gasteiger partial charge in [0.25, 0.3) is 5.56 Å². The molecule has 34 heavy (non-hydrogen) atoms. The van der Waals surface area contributed by atoms with Crippen LogP contribution in [0.15, 0.2) is 40.6 Å². The predicted molar refractivity (Wildman–Crippen MR) is 121 cm³/mol. The minimum atomic E-state index is -1.39. The van der Waals surface area contributed by atoms with Gasteiger partial charge in [0.05, 0.1) is 24.3 Å². The summed E-state index contributed by atoms with van der Waals surface area (Å²) in [6.45, 7) is 3.40. The zero-order valence-corrected chi connectivity index (χ0v) is 17.9. The van der Waals surface area contributed by atoms with Gasteiger partial charge in [-0.25, -0.2) is 20.4 Å². The zero-order valence-electron chi connectivity index (χ0n) is 17.9. The van der Waals surface area contributed by atoms with E-state index in [9.17, 15) is 24.6 Å². The van der Waals surface area contributed by atoms with Crippen molar-refractivity contribution in [2.75, 3.05) is 17.8 Å². The number of aromatic nitrogens is 5. The van der Waals surface area contributed by atoms with Gasteiger partial charge >= 0.3 is 11.7 Å². The molecule has 4 rings (SSSR count). The smallest absolute Gasteiger partial charge is 0.339 e. The Morgan fingerprint density at radius 2 is 2.12 bits per heavy atom. The van der Waals surface area contributed by atoms with Crippen LogP contribution in [0, 0.1) is 5.92 Å². The first-order valence-electron chi connectivity index (χ1n) is 10.3. The number of carbonyl (C=O) groups excluding carboxylic acids is 1. The van der Waals surface area contributed by atoms with Gasteiger partial charge in [-0.05, 0) is 18.6 Å². The molecule has 1 aliphatic rings. The van der Waals surface area contributed by atoms with Crippen molar-refractivity contribution >= 4 is 28.9 Å². The highest BCUT2D eigenvalue weighted by molar-refractivity contribution is 5.89. The third-order valence-electron chi connectivity index (χ3n) is 5.82. The summed E-state index contributed by atoms with van der Waals surface area (Å²) in [5.41, 5.74) is 6.89. The Bertz CT molecular complexity index is 1340. The Labute approximate surface area is 191 Å². The van der Waals surface area contributed by atoms with E-state index in [1.165, 1.54) is 24.4 Å². The Morgan fingerprint density at radius 3 is 2.76 bits per heavy atom. The van der Waals surface area contributed by atoms with Crippen LogP contribution in [0.1, 0.15) is 22.8 Å². The molecule has 14 nitrogen and oxygen atoms in total. The van der Waals surface area contributed by atoms with E-state index in [0.29, 0.717) is 5.82 Å². The number of hydrogen-bond donors (Lipinski definition) is 6. The quantitative estimate of drug-likeness (QED) is 0.100. The maximum Gasteiger partial charge on any atom is 0.339 e. The number of aliphatic hydroxyl groups excluding tert-OH is 2. The number of nitrogens with two attached hydrogens (primary N) is 2. The van der Waals surface area contributed by atoms with Crippen LogP contribution >= 0.6 is 0 Å². The lowest BCUT2D eigenvalue weighted by molar-refractivity contribution is -0.0113. The van der Waals surface area contributed by atoms with Gasteiger partial charge in [-0.2, -0.15) is 4.98 Å². The molecule has 0 aliphatic heterocycles. The number of anilines is 2. The second-order valence-corrected chi connectivity index (χ2v) is 7.89. The van der Waals surface area contributed by atoms with Gasteiger partial charge < -0.3 is 26.1 Å². The molecule has 0 bridgehead atoms. The highest BCUT2D eigenvalue weighted by atomic mass is 16.5. The van der Waals surface area contributed by atoms with Crippen LogP contribution in [-0.4, -0.2) is 59.1 Å². The van der Waals surface area contributed by atoms with E-state index in [1.54, 1.807) is 0 Å². The number of aliphatic hydroxyl groups is 2. The number of nitrogens with one attached hydrogen (secondary N) is 2. The van der Waals surface area contributed by atoms with Crippen molar-refractivity contribution in [2.45, 2.75) is 31.2 Å². The van der Waals surface area contributed by atoms with E-state index in [-0.39, 0.29) is 42.2 Å².